The molecule has 10 rings (SSSR count). The summed E-state index contributed by atoms with van der Waals surface area (Å²) in [5.74, 6) is 0.338. The van der Waals surface area contributed by atoms with Gasteiger partial charge in [0.2, 0.25) is 0 Å². The van der Waals surface area contributed by atoms with Crippen molar-refractivity contribution in [1.82, 2.24) is 0 Å². The molecule has 0 spiro atoms. The Morgan fingerprint density at radius 2 is 0.639 bits per heavy atom. The van der Waals surface area contributed by atoms with E-state index in [0.717, 1.165) is 11.8 Å². The average Bonchev–Trinajstić information content (AvgIpc) is 3.86. The molecular weight excluding hydrogens is 960 g/mol. The van der Waals surface area contributed by atoms with Crippen molar-refractivity contribution in [3.8, 4) is 44.5 Å². The second-order valence-corrected chi connectivity index (χ2v) is 47.3. The molecule has 0 bridgehead atoms. The van der Waals surface area contributed by atoms with Crippen LogP contribution in [0.1, 0.15) is 186 Å². The summed E-state index contributed by atoms with van der Waals surface area (Å²) < 4.78 is 1.07. The van der Waals surface area contributed by atoms with Crippen molar-refractivity contribution in [2.45, 2.75) is 176 Å². The van der Waals surface area contributed by atoms with Crippen molar-refractivity contribution in [2.75, 3.05) is 0 Å². The van der Waals surface area contributed by atoms with E-state index in [2.05, 4.69) is 230 Å². The molecule has 0 nitrogen and oxygen atoms in total. The van der Waals surface area contributed by atoms with Gasteiger partial charge in [0.25, 0.3) is 0 Å². The first kappa shape index (κ1) is 51.4. The van der Waals surface area contributed by atoms with Crippen LogP contribution >= 0.6 is 0 Å². The standard InChI is InChI=1S/2C34H39.C2H7Si.Zr/c2*1-33(2,3)27-14-10-25(11-15-27)29-18-19-30(26-12-16-28(17-13-26)34(4,5)6)32-22-24(21-31(29)32)20-23-8-7-9-23;1-3-2;/h2*10-19,21-23H,7-9,20H2,1-6H3;3H,1-2H3;. The van der Waals surface area contributed by atoms with Crippen LogP contribution in [0.4, 0.5) is 0 Å². The zero-order chi connectivity index (χ0) is 51.1. The van der Waals surface area contributed by atoms with Gasteiger partial charge in [0.1, 0.15) is 0 Å². The van der Waals surface area contributed by atoms with Gasteiger partial charge in [-0.1, -0.05) is 0 Å². The molecule has 0 radical (unpaired) electrons. The summed E-state index contributed by atoms with van der Waals surface area (Å²) in [5, 5.41) is 0. The molecule has 0 amide bonds. The molecule has 4 aliphatic rings. The Morgan fingerprint density at radius 3 is 0.875 bits per heavy atom. The van der Waals surface area contributed by atoms with E-state index < -0.39 is 26.8 Å². The normalized spacial score (nSPS) is 18.4. The third kappa shape index (κ3) is 10.1. The topological polar surface area (TPSA) is 0 Å². The van der Waals surface area contributed by atoms with E-state index in [0.29, 0.717) is 7.25 Å². The summed E-state index contributed by atoms with van der Waals surface area (Å²) in [5.41, 5.74) is 27.5. The van der Waals surface area contributed by atoms with Crippen LogP contribution in [0.15, 0.2) is 132 Å². The molecular formula is C70H85SiZr. The predicted molar refractivity (Wildman–Crippen MR) is 314 cm³/mol. The number of hydrogen-bond acceptors (Lipinski definition) is 0. The van der Waals surface area contributed by atoms with E-state index >= 15 is 0 Å². The number of rotatable bonds is 11. The van der Waals surface area contributed by atoms with Gasteiger partial charge in [0, 0.05) is 0 Å². The minimum absolute atomic E-state index is 0.102. The molecule has 72 heavy (non-hydrogen) atoms. The second-order valence-electron chi connectivity index (χ2n) is 27.2. The molecule has 2 unspecified atom stereocenters. The molecule has 2 fully saturated rings. The first-order valence-electron chi connectivity index (χ1n) is 28.1. The molecule has 6 aromatic rings. The van der Waals surface area contributed by atoms with Crippen LogP contribution < -0.4 is 0 Å². The Hall–Kier alpha value is -4.10. The maximum absolute atomic E-state index is 2.82. The zero-order valence-corrected chi connectivity index (χ0v) is 50.4. The molecule has 2 heteroatoms. The minimum atomic E-state index is -2.70. The average molecular weight is 1050 g/mol. The second kappa shape index (κ2) is 19.6. The summed E-state index contributed by atoms with van der Waals surface area (Å²) >= 11 is -2.70. The van der Waals surface area contributed by atoms with Crippen LogP contribution in [0, 0.1) is 11.8 Å². The fourth-order valence-electron chi connectivity index (χ4n) is 12.7. The van der Waals surface area contributed by atoms with E-state index in [1.165, 1.54) is 129 Å². The van der Waals surface area contributed by atoms with Gasteiger partial charge in [-0.15, -0.1) is 0 Å². The van der Waals surface area contributed by atoms with Crippen LogP contribution in [0.5, 0.6) is 0 Å². The molecule has 0 N–H and O–H groups in total. The van der Waals surface area contributed by atoms with Gasteiger partial charge in [0.05, 0.1) is 0 Å². The van der Waals surface area contributed by atoms with E-state index in [9.17, 15) is 0 Å². The molecule has 6 aromatic carbocycles. The zero-order valence-electron chi connectivity index (χ0n) is 46.7. The summed E-state index contributed by atoms with van der Waals surface area (Å²) in [6.45, 7) is 33.8. The van der Waals surface area contributed by atoms with Crippen molar-refractivity contribution in [2.24, 2.45) is 11.8 Å². The van der Waals surface area contributed by atoms with E-state index in [1.54, 1.807) is 22.3 Å². The monoisotopic (exact) mass is 1040 g/mol. The summed E-state index contributed by atoms with van der Waals surface area (Å²) in [4.78, 5) is 0. The third-order valence-electron chi connectivity index (χ3n) is 17.6. The van der Waals surface area contributed by atoms with Gasteiger partial charge >= 0.3 is 449 Å². The molecule has 0 aliphatic heterocycles. The van der Waals surface area contributed by atoms with Crippen molar-refractivity contribution in [1.29, 1.82) is 0 Å². The Balaban J connectivity index is 1.23. The summed E-state index contributed by atoms with van der Waals surface area (Å²) in [7, 11) is 0. The fraction of sp³-hybridized carbons (Fsp3) is 0.429. The van der Waals surface area contributed by atoms with Crippen LogP contribution in [-0.2, 0) is 42.6 Å². The Labute approximate surface area is 445 Å². The Kier molecular flexibility index (Phi) is 14.0. The number of fused-ring (bicyclic) bond motifs is 2. The molecule has 2 atom stereocenters. The molecule has 0 aromatic heterocycles. The molecule has 373 valence electrons. The first-order valence-corrected chi connectivity index (χ1v) is 38.1. The molecule has 0 heterocycles. The van der Waals surface area contributed by atoms with Crippen LogP contribution in [0.2, 0.25) is 13.1 Å². The van der Waals surface area contributed by atoms with Gasteiger partial charge in [-0.3, -0.25) is 0 Å². The molecule has 4 aliphatic carbocycles. The van der Waals surface area contributed by atoms with E-state index in [4.69, 9.17) is 0 Å². The van der Waals surface area contributed by atoms with Gasteiger partial charge in [-0.05, 0) is 0 Å². The van der Waals surface area contributed by atoms with Gasteiger partial charge in [0.15, 0.2) is 0 Å². The summed E-state index contributed by atoms with van der Waals surface area (Å²) in [6.07, 6.45) is 16.5. The van der Waals surface area contributed by atoms with E-state index in [-0.39, 0.29) is 21.7 Å². The SMILES string of the molecule is C[SiH](C)[Zr]([CH]1C(CC2CCC2)=Cc2c(-c3ccc(C(C)(C)C)cc3)ccc(-c3ccc(C(C)(C)C)cc3)c21)[CH]1C(CC2CCC2)=Cc2c(-c3ccc(C(C)(C)C)cc3)ccc(-c3ccc(C(C)(C)C)cc3)c21. The van der Waals surface area contributed by atoms with Crippen molar-refractivity contribution >= 4 is 18.1 Å². The van der Waals surface area contributed by atoms with Gasteiger partial charge in [-0.2, -0.15) is 0 Å². The molecule has 0 saturated heterocycles. The first-order chi connectivity index (χ1) is 34.0. The van der Waals surface area contributed by atoms with Gasteiger partial charge in [-0.25, -0.2) is 0 Å². The van der Waals surface area contributed by atoms with Crippen molar-refractivity contribution in [3.63, 3.8) is 0 Å². The Morgan fingerprint density at radius 1 is 0.375 bits per heavy atom. The van der Waals surface area contributed by atoms with Gasteiger partial charge < -0.3 is 0 Å². The third-order valence-corrected chi connectivity index (χ3v) is 39.3. The fourth-order valence-corrected chi connectivity index (χ4v) is 35.5. The van der Waals surface area contributed by atoms with Crippen LogP contribution in [-0.4, -0.2) is 5.92 Å². The Bertz CT molecular complexity index is 2790. The van der Waals surface area contributed by atoms with Crippen molar-refractivity contribution in [3.05, 3.63) is 177 Å². The number of allylic oxidation sites excluding steroid dienone is 2. The van der Waals surface area contributed by atoms with Crippen LogP contribution in [0.3, 0.4) is 0 Å². The quantitative estimate of drug-likeness (QED) is 0.113. The maximum atomic E-state index is 2.82. The van der Waals surface area contributed by atoms with Crippen molar-refractivity contribution < 1.29 is 20.9 Å². The number of benzene rings is 6. The molecule has 2 saturated carbocycles. The van der Waals surface area contributed by atoms with Crippen LogP contribution in [0.25, 0.3) is 56.7 Å². The predicted octanol–water partition coefficient (Wildman–Crippen LogP) is 20.1. The number of hydrogen-bond donors (Lipinski definition) is 0. The summed E-state index contributed by atoms with van der Waals surface area (Å²) in [6, 6.07) is 49.2. The van der Waals surface area contributed by atoms with E-state index in [1.807, 2.05) is 0 Å².